The third-order valence-electron chi connectivity index (χ3n) is 6.93. The molecule has 3 heterocycles. The monoisotopic (exact) mass is 551 g/mol. The van der Waals surface area contributed by atoms with Crippen LogP contribution in [0.15, 0.2) is 67.0 Å². The molecule has 2 aromatic heterocycles. The number of aromatic nitrogens is 5. The Morgan fingerprint density at radius 3 is 2.34 bits per heavy atom. The van der Waals surface area contributed by atoms with Crippen molar-refractivity contribution < 1.29 is 9.59 Å². The number of benzene rings is 2. The number of nitrogens with one attached hydrogen (secondary N) is 2. The predicted molar refractivity (Wildman–Crippen MR) is 157 cm³/mol. The zero-order chi connectivity index (χ0) is 29.0. The molecule has 11 heteroatoms. The average molecular weight is 552 g/mol. The molecule has 41 heavy (non-hydrogen) atoms. The molecule has 1 atom stereocenters. The van der Waals surface area contributed by atoms with E-state index in [1.165, 1.54) is 5.56 Å². The number of primary amides is 1. The molecule has 0 bridgehead atoms. The summed E-state index contributed by atoms with van der Waals surface area (Å²) in [5.41, 5.74) is 8.84. The highest BCUT2D eigenvalue weighted by atomic mass is 16.2. The SMILES string of the molecule is CC(C)(C)c1ccc(C(=O)NC2CCCN(c3nnc(C(N)=O)c(Nc4ccc(-c5ncccn5)cc4)n3)C2)cc1. The van der Waals surface area contributed by atoms with Crippen LogP contribution in [0.3, 0.4) is 0 Å². The van der Waals surface area contributed by atoms with Crippen LogP contribution in [0, 0.1) is 0 Å². The highest BCUT2D eigenvalue weighted by molar-refractivity contribution is 5.96. The van der Waals surface area contributed by atoms with Crippen molar-refractivity contribution in [3.8, 4) is 11.4 Å². The first-order chi connectivity index (χ1) is 19.7. The Morgan fingerprint density at radius 1 is 0.976 bits per heavy atom. The van der Waals surface area contributed by atoms with Crippen LogP contribution < -0.4 is 21.3 Å². The summed E-state index contributed by atoms with van der Waals surface area (Å²) in [5.74, 6) is 0.301. The fraction of sp³-hybridized carbons (Fsp3) is 0.300. The van der Waals surface area contributed by atoms with Gasteiger partial charge in [0.2, 0.25) is 5.95 Å². The molecule has 11 nitrogen and oxygen atoms in total. The molecular weight excluding hydrogens is 518 g/mol. The van der Waals surface area contributed by atoms with Crippen molar-refractivity contribution >= 4 is 29.3 Å². The largest absolute Gasteiger partial charge is 0.364 e. The van der Waals surface area contributed by atoms with Gasteiger partial charge in [-0.25, -0.2) is 9.97 Å². The lowest BCUT2D eigenvalue weighted by Crippen LogP contribution is -2.48. The molecule has 1 aliphatic rings. The van der Waals surface area contributed by atoms with Crippen molar-refractivity contribution in [2.45, 2.75) is 45.1 Å². The minimum atomic E-state index is -0.741. The number of nitrogens with zero attached hydrogens (tertiary/aromatic N) is 6. The summed E-state index contributed by atoms with van der Waals surface area (Å²) in [6.45, 7) is 7.63. The lowest BCUT2D eigenvalue weighted by Gasteiger charge is -2.33. The smallest absolute Gasteiger partial charge is 0.273 e. The minimum Gasteiger partial charge on any atom is -0.364 e. The molecule has 1 aliphatic heterocycles. The summed E-state index contributed by atoms with van der Waals surface area (Å²) in [6, 6.07) is 16.8. The van der Waals surface area contributed by atoms with Gasteiger partial charge in [-0.1, -0.05) is 32.9 Å². The van der Waals surface area contributed by atoms with Crippen LogP contribution in [-0.2, 0) is 5.41 Å². The van der Waals surface area contributed by atoms with Crippen molar-refractivity contribution in [2.75, 3.05) is 23.3 Å². The number of rotatable bonds is 7. The van der Waals surface area contributed by atoms with Crippen molar-refractivity contribution in [2.24, 2.45) is 5.73 Å². The van der Waals surface area contributed by atoms with Gasteiger partial charge < -0.3 is 21.3 Å². The average Bonchev–Trinajstić information content (AvgIpc) is 2.97. The van der Waals surface area contributed by atoms with Gasteiger partial charge in [0.15, 0.2) is 17.3 Å². The third-order valence-corrected chi connectivity index (χ3v) is 6.93. The maximum atomic E-state index is 13.0. The minimum absolute atomic E-state index is 0.0191. The maximum absolute atomic E-state index is 13.0. The van der Waals surface area contributed by atoms with Crippen molar-refractivity contribution in [3.05, 3.63) is 83.8 Å². The van der Waals surface area contributed by atoms with E-state index in [2.05, 4.69) is 56.6 Å². The first kappa shape index (κ1) is 27.6. The molecular formula is C30H33N9O2. The fourth-order valence-corrected chi connectivity index (χ4v) is 4.66. The molecule has 0 spiro atoms. The highest BCUT2D eigenvalue weighted by Crippen LogP contribution is 2.25. The fourth-order valence-electron chi connectivity index (χ4n) is 4.66. The summed E-state index contributed by atoms with van der Waals surface area (Å²) >= 11 is 0. The quantitative estimate of drug-likeness (QED) is 0.311. The van der Waals surface area contributed by atoms with Crippen LogP contribution in [0.25, 0.3) is 11.4 Å². The number of piperidine rings is 1. The van der Waals surface area contributed by atoms with Crippen LogP contribution in [0.4, 0.5) is 17.5 Å². The summed E-state index contributed by atoms with van der Waals surface area (Å²) in [5, 5.41) is 14.5. The Morgan fingerprint density at radius 2 is 1.68 bits per heavy atom. The molecule has 210 valence electrons. The molecule has 0 radical (unpaired) electrons. The van der Waals surface area contributed by atoms with Gasteiger partial charge in [0.25, 0.3) is 11.8 Å². The van der Waals surface area contributed by atoms with Crippen LogP contribution in [0.1, 0.15) is 60.0 Å². The Kier molecular flexibility index (Phi) is 7.86. The van der Waals surface area contributed by atoms with Crippen LogP contribution in [0.5, 0.6) is 0 Å². The second-order valence-corrected chi connectivity index (χ2v) is 11.0. The normalized spacial score (nSPS) is 15.3. The standard InChI is InChI=1S/C30H33N9O2/c1-30(2,3)21-11-7-20(8-12-21)28(41)35-23-6-4-17-39(18-23)29-36-27(24(25(31)40)37-38-29)34-22-13-9-19(10-14-22)26-32-15-5-16-33-26/h5,7-16,23H,4,6,17-18H2,1-3H3,(H2,31,40)(H,35,41)(H,34,36,38). The van der Waals surface area contributed by atoms with Crippen molar-refractivity contribution in [3.63, 3.8) is 0 Å². The lowest BCUT2D eigenvalue weighted by molar-refractivity contribution is 0.0931. The van der Waals surface area contributed by atoms with E-state index >= 15 is 0 Å². The van der Waals surface area contributed by atoms with E-state index in [9.17, 15) is 9.59 Å². The van der Waals surface area contributed by atoms with Crippen molar-refractivity contribution in [1.82, 2.24) is 30.5 Å². The number of amides is 2. The second kappa shape index (κ2) is 11.7. The Balaban J connectivity index is 1.29. The second-order valence-electron chi connectivity index (χ2n) is 11.0. The van der Waals surface area contributed by atoms with Gasteiger partial charge >= 0.3 is 0 Å². The summed E-state index contributed by atoms with van der Waals surface area (Å²) in [7, 11) is 0. The summed E-state index contributed by atoms with van der Waals surface area (Å²) in [6.07, 6.45) is 5.03. The van der Waals surface area contributed by atoms with E-state index in [0.717, 1.165) is 18.4 Å². The molecule has 0 saturated carbocycles. The zero-order valence-electron chi connectivity index (χ0n) is 23.3. The van der Waals surface area contributed by atoms with Gasteiger partial charge in [0.1, 0.15) is 0 Å². The molecule has 1 saturated heterocycles. The van der Waals surface area contributed by atoms with Crippen LogP contribution in [-0.4, -0.2) is 56.1 Å². The molecule has 4 N–H and O–H groups in total. The van der Waals surface area contributed by atoms with Gasteiger partial charge in [0.05, 0.1) is 0 Å². The molecule has 1 unspecified atom stereocenters. The van der Waals surface area contributed by atoms with Crippen LogP contribution in [0.2, 0.25) is 0 Å². The first-order valence-electron chi connectivity index (χ1n) is 13.5. The molecule has 5 rings (SSSR count). The molecule has 2 aromatic carbocycles. The molecule has 0 aliphatic carbocycles. The number of carbonyl (C=O) groups excluding carboxylic acids is 2. The van der Waals surface area contributed by atoms with E-state index in [0.29, 0.717) is 36.1 Å². The van der Waals surface area contributed by atoms with E-state index < -0.39 is 5.91 Å². The molecule has 1 fully saturated rings. The summed E-state index contributed by atoms with van der Waals surface area (Å²) in [4.78, 5) is 40.1. The first-order valence-corrected chi connectivity index (χ1v) is 13.5. The Bertz CT molecular complexity index is 1520. The van der Waals surface area contributed by atoms with Gasteiger partial charge in [-0.2, -0.15) is 4.98 Å². The van der Waals surface area contributed by atoms with Gasteiger partial charge in [-0.15, -0.1) is 10.2 Å². The Hall–Kier alpha value is -4.93. The van der Waals surface area contributed by atoms with E-state index in [4.69, 9.17) is 5.73 Å². The van der Waals surface area contributed by atoms with E-state index in [1.807, 2.05) is 53.4 Å². The van der Waals surface area contributed by atoms with Crippen LogP contribution >= 0.6 is 0 Å². The predicted octanol–water partition coefficient (Wildman–Crippen LogP) is 3.87. The summed E-state index contributed by atoms with van der Waals surface area (Å²) < 4.78 is 0. The number of nitrogens with two attached hydrogens (primary N) is 1. The van der Waals surface area contributed by atoms with E-state index in [1.54, 1.807) is 18.5 Å². The number of carbonyl (C=O) groups is 2. The van der Waals surface area contributed by atoms with Gasteiger partial charge in [-0.05, 0) is 66.3 Å². The number of anilines is 3. The molecule has 2 amide bonds. The van der Waals surface area contributed by atoms with Gasteiger partial charge in [0, 0.05) is 48.3 Å². The third kappa shape index (κ3) is 6.63. The van der Waals surface area contributed by atoms with E-state index in [-0.39, 0.29) is 28.9 Å². The lowest BCUT2D eigenvalue weighted by atomic mass is 9.86. The topological polar surface area (TPSA) is 152 Å². The highest BCUT2D eigenvalue weighted by Gasteiger charge is 2.26. The number of hydrogen-bond donors (Lipinski definition) is 3. The Labute approximate surface area is 238 Å². The molecule has 4 aromatic rings. The number of hydrogen-bond acceptors (Lipinski definition) is 9. The zero-order valence-corrected chi connectivity index (χ0v) is 23.3. The maximum Gasteiger partial charge on any atom is 0.273 e. The van der Waals surface area contributed by atoms with Gasteiger partial charge in [-0.3, -0.25) is 9.59 Å². The van der Waals surface area contributed by atoms with Crippen molar-refractivity contribution in [1.29, 1.82) is 0 Å².